The number of amides is 1. The van der Waals surface area contributed by atoms with Crippen LogP contribution in [0.15, 0.2) is 48.5 Å². The number of para-hydroxylation sites is 1. The van der Waals surface area contributed by atoms with E-state index in [1.807, 2.05) is 30.3 Å². The molecule has 140 valence electrons. The zero-order valence-corrected chi connectivity index (χ0v) is 15.9. The second-order valence-corrected chi connectivity index (χ2v) is 8.43. The van der Waals surface area contributed by atoms with Crippen molar-refractivity contribution in [3.05, 3.63) is 59.7 Å². The Bertz CT molecular complexity index is 978. The van der Waals surface area contributed by atoms with Gasteiger partial charge in [0.15, 0.2) is 0 Å². The Morgan fingerprint density at radius 3 is 2.56 bits per heavy atom. The van der Waals surface area contributed by atoms with Crippen LogP contribution in [0.3, 0.4) is 0 Å². The number of sulfonamides is 1. The van der Waals surface area contributed by atoms with Gasteiger partial charge in [0.1, 0.15) is 0 Å². The standard InChI is InChI=1S/C20H21N3O3S/c1-27(25,26)23(18-10-8-16(15-21)9-11-18)14-12-20(24)22-13-4-6-17-5-2-3-7-19(17)22/h2-3,5,7-11H,4,6,12-14H2,1H3. The van der Waals surface area contributed by atoms with Crippen molar-refractivity contribution in [2.75, 3.05) is 28.6 Å². The Balaban J connectivity index is 1.76. The second kappa shape index (κ2) is 7.80. The lowest BCUT2D eigenvalue weighted by atomic mass is 10.0. The summed E-state index contributed by atoms with van der Waals surface area (Å²) in [5.41, 5.74) is 2.96. The van der Waals surface area contributed by atoms with Crippen LogP contribution in [0.5, 0.6) is 0 Å². The van der Waals surface area contributed by atoms with Gasteiger partial charge in [0.25, 0.3) is 0 Å². The number of nitrogens with zero attached hydrogens (tertiary/aromatic N) is 3. The summed E-state index contributed by atoms with van der Waals surface area (Å²) in [6, 6.07) is 16.1. The number of carbonyl (C=O) groups excluding carboxylic acids is 1. The highest BCUT2D eigenvalue weighted by Gasteiger charge is 2.24. The largest absolute Gasteiger partial charge is 0.312 e. The van der Waals surface area contributed by atoms with Gasteiger partial charge in [-0.05, 0) is 48.7 Å². The molecule has 1 aliphatic rings. The number of hydrogen-bond donors (Lipinski definition) is 0. The summed E-state index contributed by atoms with van der Waals surface area (Å²) in [7, 11) is -3.54. The molecule has 6 nitrogen and oxygen atoms in total. The Kier molecular flexibility index (Phi) is 5.47. The molecule has 1 aliphatic heterocycles. The molecule has 0 bridgehead atoms. The Morgan fingerprint density at radius 2 is 1.89 bits per heavy atom. The van der Waals surface area contributed by atoms with Gasteiger partial charge in [-0.15, -0.1) is 0 Å². The van der Waals surface area contributed by atoms with Gasteiger partial charge in [-0.25, -0.2) is 8.42 Å². The van der Waals surface area contributed by atoms with E-state index in [9.17, 15) is 13.2 Å². The second-order valence-electron chi connectivity index (χ2n) is 6.52. The number of benzene rings is 2. The van der Waals surface area contributed by atoms with Crippen molar-refractivity contribution in [1.29, 1.82) is 5.26 Å². The van der Waals surface area contributed by atoms with Crippen LogP contribution in [0.4, 0.5) is 11.4 Å². The van der Waals surface area contributed by atoms with Crippen LogP contribution in [0.1, 0.15) is 24.0 Å². The molecule has 7 heteroatoms. The predicted molar refractivity (Wildman–Crippen MR) is 105 cm³/mol. The number of carbonyl (C=O) groups is 1. The fourth-order valence-corrected chi connectivity index (χ4v) is 4.24. The molecule has 0 spiro atoms. The van der Waals surface area contributed by atoms with E-state index in [1.54, 1.807) is 29.2 Å². The lowest BCUT2D eigenvalue weighted by Gasteiger charge is -2.30. The molecule has 0 saturated carbocycles. The molecule has 2 aromatic rings. The molecular weight excluding hydrogens is 362 g/mol. The summed E-state index contributed by atoms with van der Waals surface area (Å²) in [5, 5.41) is 8.90. The fourth-order valence-electron chi connectivity index (χ4n) is 3.31. The minimum atomic E-state index is -3.54. The lowest BCUT2D eigenvalue weighted by molar-refractivity contribution is -0.118. The monoisotopic (exact) mass is 383 g/mol. The molecule has 0 N–H and O–H groups in total. The summed E-state index contributed by atoms with van der Waals surface area (Å²) >= 11 is 0. The van der Waals surface area contributed by atoms with Crippen molar-refractivity contribution in [3.8, 4) is 6.07 Å². The van der Waals surface area contributed by atoms with Crippen molar-refractivity contribution >= 4 is 27.3 Å². The normalized spacial score (nSPS) is 13.6. The van der Waals surface area contributed by atoms with E-state index in [4.69, 9.17) is 5.26 Å². The molecular formula is C20H21N3O3S. The maximum atomic E-state index is 12.8. The van der Waals surface area contributed by atoms with Gasteiger partial charge in [-0.1, -0.05) is 18.2 Å². The van der Waals surface area contributed by atoms with E-state index in [2.05, 4.69) is 0 Å². The van der Waals surface area contributed by atoms with Crippen LogP contribution in [-0.4, -0.2) is 33.7 Å². The number of anilines is 2. The molecule has 1 heterocycles. The van der Waals surface area contributed by atoms with Crippen LogP contribution in [-0.2, 0) is 21.2 Å². The smallest absolute Gasteiger partial charge is 0.232 e. The number of aryl methyl sites for hydroxylation is 1. The third-order valence-electron chi connectivity index (χ3n) is 4.62. The van der Waals surface area contributed by atoms with Crippen LogP contribution in [0.25, 0.3) is 0 Å². The maximum absolute atomic E-state index is 12.8. The van der Waals surface area contributed by atoms with Crippen LogP contribution in [0, 0.1) is 11.3 Å². The van der Waals surface area contributed by atoms with Crippen molar-refractivity contribution in [1.82, 2.24) is 0 Å². The summed E-state index contributed by atoms with van der Waals surface area (Å²) in [5.74, 6) is -0.0931. The molecule has 0 atom stereocenters. The molecule has 0 radical (unpaired) electrons. The van der Waals surface area contributed by atoms with Gasteiger partial charge in [0.05, 0.1) is 23.6 Å². The zero-order chi connectivity index (χ0) is 19.4. The summed E-state index contributed by atoms with van der Waals surface area (Å²) in [6.07, 6.45) is 3.04. The molecule has 0 saturated heterocycles. The van der Waals surface area contributed by atoms with E-state index >= 15 is 0 Å². The summed E-state index contributed by atoms with van der Waals surface area (Å²) < 4.78 is 25.6. The molecule has 0 fully saturated rings. The summed E-state index contributed by atoms with van der Waals surface area (Å²) in [6.45, 7) is 0.702. The maximum Gasteiger partial charge on any atom is 0.232 e. The highest BCUT2D eigenvalue weighted by Crippen LogP contribution is 2.27. The minimum absolute atomic E-state index is 0.0578. The van der Waals surface area contributed by atoms with Crippen LogP contribution < -0.4 is 9.21 Å². The van der Waals surface area contributed by atoms with E-state index in [0.717, 1.165) is 30.3 Å². The number of fused-ring (bicyclic) bond motifs is 1. The number of nitriles is 1. The average molecular weight is 383 g/mol. The van der Waals surface area contributed by atoms with Crippen molar-refractivity contribution in [2.45, 2.75) is 19.3 Å². The van der Waals surface area contributed by atoms with E-state index in [1.165, 1.54) is 4.31 Å². The van der Waals surface area contributed by atoms with Gasteiger partial charge in [-0.2, -0.15) is 5.26 Å². The molecule has 2 aromatic carbocycles. The predicted octanol–water partition coefficient (Wildman–Crippen LogP) is 2.69. The third-order valence-corrected chi connectivity index (χ3v) is 5.82. The van der Waals surface area contributed by atoms with Gasteiger partial charge >= 0.3 is 0 Å². The van der Waals surface area contributed by atoms with E-state index < -0.39 is 10.0 Å². The third kappa shape index (κ3) is 4.29. The Hall–Kier alpha value is -2.85. The average Bonchev–Trinajstić information content (AvgIpc) is 2.67. The highest BCUT2D eigenvalue weighted by molar-refractivity contribution is 7.92. The Morgan fingerprint density at radius 1 is 1.19 bits per heavy atom. The fraction of sp³-hybridized carbons (Fsp3) is 0.300. The molecule has 0 unspecified atom stereocenters. The van der Waals surface area contributed by atoms with Gasteiger partial charge in [0.2, 0.25) is 15.9 Å². The van der Waals surface area contributed by atoms with Crippen LogP contribution >= 0.6 is 0 Å². The van der Waals surface area contributed by atoms with Crippen molar-refractivity contribution < 1.29 is 13.2 Å². The Labute approximate surface area is 159 Å². The molecule has 3 rings (SSSR count). The topological polar surface area (TPSA) is 81.5 Å². The lowest BCUT2D eigenvalue weighted by Crippen LogP contribution is -2.39. The molecule has 27 heavy (non-hydrogen) atoms. The van der Waals surface area contributed by atoms with Gasteiger partial charge in [-0.3, -0.25) is 9.10 Å². The highest BCUT2D eigenvalue weighted by atomic mass is 32.2. The van der Waals surface area contributed by atoms with Gasteiger partial charge in [0, 0.05) is 25.2 Å². The first-order valence-electron chi connectivity index (χ1n) is 8.76. The first kappa shape index (κ1) is 18.9. The molecule has 0 aliphatic carbocycles. The van der Waals surface area contributed by atoms with Crippen molar-refractivity contribution in [3.63, 3.8) is 0 Å². The number of hydrogen-bond acceptors (Lipinski definition) is 4. The molecule has 1 amide bonds. The van der Waals surface area contributed by atoms with Crippen LogP contribution in [0.2, 0.25) is 0 Å². The quantitative estimate of drug-likeness (QED) is 0.795. The summed E-state index contributed by atoms with van der Waals surface area (Å²) in [4.78, 5) is 14.5. The van der Waals surface area contributed by atoms with Crippen molar-refractivity contribution in [2.24, 2.45) is 0 Å². The zero-order valence-electron chi connectivity index (χ0n) is 15.1. The SMILES string of the molecule is CS(=O)(=O)N(CCC(=O)N1CCCc2ccccc21)c1ccc(C#N)cc1. The number of rotatable bonds is 5. The van der Waals surface area contributed by atoms with E-state index in [0.29, 0.717) is 17.8 Å². The van der Waals surface area contributed by atoms with E-state index in [-0.39, 0.29) is 18.9 Å². The first-order chi connectivity index (χ1) is 12.9. The molecule has 0 aromatic heterocycles. The van der Waals surface area contributed by atoms with Gasteiger partial charge < -0.3 is 4.90 Å². The first-order valence-corrected chi connectivity index (χ1v) is 10.6. The minimum Gasteiger partial charge on any atom is -0.312 e.